The molecule has 0 atom stereocenters. The van der Waals surface area contributed by atoms with Crippen LogP contribution >= 0.6 is 0 Å². The van der Waals surface area contributed by atoms with E-state index < -0.39 is 8.32 Å². The van der Waals surface area contributed by atoms with Crippen molar-refractivity contribution in [3.05, 3.63) is 29.8 Å². The Labute approximate surface area is 123 Å². The smallest absolute Gasteiger partial charge is 0.250 e. The van der Waals surface area contributed by atoms with E-state index in [0.717, 1.165) is 33.0 Å². The average Bonchev–Trinajstić information content (AvgIpc) is 2.29. The fourth-order valence-electron chi connectivity index (χ4n) is 1.06. The summed E-state index contributed by atoms with van der Waals surface area (Å²) in [5.74, 6) is 0.859. The van der Waals surface area contributed by atoms with Gasteiger partial charge in [-0.1, -0.05) is 20.8 Å². The Morgan fingerprint density at radius 3 is 1.84 bits per heavy atom. The van der Waals surface area contributed by atoms with Crippen molar-refractivity contribution in [3.8, 4) is 5.75 Å². The lowest BCUT2D eigenvalue weighted by Gasteiger charge is -2.36. The van der Waals surface area contributed by atoms with Crippen LogP contribution in [0.2, 0.25) is 18.1 Å². The molecule has 0 aliphatic carbocycles. The number of carbonyl (C=O) groups is 1. The van der Waals surface area contributed by atoms with Crippen molar-refractivity contribution in [2.45, 2.75) is 38.9 Å². The second-order valence-electron chi connectivity index (χ2n) is 5.96. The number of carbonyl (C=O) groups excluding carboxylic acids is 1. The molecule has 1 rings (SSSR count). The highest BCUT2D eigenvalue weighted by molar-refractivity contribution is 6.74. The van der Waals surface area contributed by atoms with E-state index in [2.05, 4.69) is 38.0 Å². The lowest BCUT2D eigenvalue weighted by atomic mass is 10.2. The van der Waals surface area contributed by atoms with E-state index in [1.165, 1.54) is 0 Å². The van der Waals surface area contributed by atoms with Crippen LogP contribution in [0.25, 0.3) is 0 Å². The van der Waals surface area contributed by atoms with Gasteiger partial charge in [-0.15, -0.1) is 0 Å². The molecule has 0 unspecified atom stereocenters. The predicted molar refractivity (Wildman–Crippen MR) is 90.6 cm³/mol. The Hall–Kier alpha value is -0.699. The zero-order valence-corrected chi connectivity index (χ0v) is 18.1. The summed E-state index contributed by atoms with van der Waals surface area (Å²) >= 11 is 0. The van der Waals surface area contributed by atoms with E-state index >= 15 is 0 Å². The van der Waals surface area contributed by atoms with Crippen molar-refractivity contribution in [1.29, 1.82) is 0 Å². The Bertz CT molecular complexity index is 383. The zero-order valence-electron chi connectivity index (χ0n) is 13.1. The van der Waals surface area contributed by atoms with Crippen LogP contribution < -0.4 is 4.43 Å². The van der Waals surface area contributed by atoms with Crippen LogP contribution in [0.3, 0.4) is 0 Å². The van der Waals surface area contributed by atoms with Crippen molar-refractivity contribution in [1.82, 2.24) is 0 Å². The molecule has 108 valence electrons. The topological polar surface area (TPSA) is 35.5 Å². The van der Waals surface area contributed by atoms with Crippen LogP contribution in [0, 0.1) is 0 Å². The van der Waals surface area contributed by atoms with Crippen LogP contribution in [0.4, 0.5) is 0 Å². The van der Waals surface area contributed by atoms with E-state index in [1.54, 1.807) is 12.1 Å². The summed E-state index contributed by atoms with van der Waals surface area (Å²) in [4.78, 5) is 10.5. The van der Waals surface area contributed by atoms with Gasteiger partial charge in [-0.3, -0.25) is 4.79 Å². The quantitative estimate of drug-likeness (QED) is 0.626. The third kappa shape index (κ3) is 6.33. The molecule has 0 saturated heterocycles. The van der Waals surface area contributed by atoms with E-state index in [9.17, 15) is 4.79 Å². The zero-order chi connectivity index (χ0) is 15.1. The van der Waals surface area contributed by atoms with Crippen LogP contribution in [-0.4, -0.2) is 35.6 Å². The van der Waals surface area contributed by atoms with Crippen molar-refractivity contribution in [2.24, 2.45) is 0 Å². The largest absolute Gasteiger partial charge is 0.544 e. The average molecular weight is 315 g/mol. The first-order valence-electron chi connectivity index (χ1n) is 6.32. The second-order valence-corrected chi connectivity index (χ2v) is 13.9. The van der Waals surface area contributed by atoms with Gasteiger partial charge in [-0.25, -0.2) is 0 Å². The van der Waals surface area contributed by atoms with Gasteiger partial charge in [-0.05, 0) is 42.4 Å². The highest BCUT2D eigenvalue weighted by Crippen LogP contribution is 2.37. The third-order valence-electron chi connectivity index (χ3n) is 3.20. The first-order valence-corrected chi connectivity index (χ1v) is 10.9. The van der Waals surface area contributed by atoms with Crippen molar-refractivity contribution in [2.75, 3.05) is 0 Å². The fraction of sp³-hybridized carbons (Fsp3) is 0.462. The summed E-state index contributed by atoms with van der Waals surface area (Å²) in [5.41, 5.74) is 0.683. The van der Waals surface area contributed by atoms with Gasteiger partial charge in [0, 0.05) is 5.56 Å². The molecule has 0 radical (unpaired) electrons. The minimum absolute atomic E-state index is 0.191. The molecule has 0 amide bonds. The minimum atomic E-state index is -1.76. The third-order valence-corrected chi connectivity index (χ3v) is 7.55. The maximum absolute atomic E-state index is 10.5. The van der Waals surface area contributed by atoms with Gasteiger partial charge in [0.25, 0.3) is 0 Å². The summed E-state index contributed by atoms with van der Waals surface area (Å²) in [6.07, 6.45) is 0.843. The minimum Gasteiger partial charge on any atom is -0.544 e. The Morgan fingerprint density at radius 2 is 1.53 bits per heavy atom. The summed E-state index contributed by atoms with van der Waals surface area (Å²) in [5, 5.41) is 0.191. The normalized spacial score (nSPS) is 11.6. The highest BCUT2D eigenvalue weighted by Gasteiger charge is 2.38. The molecule has 0 bridgehead atoms. The molecule has 3 nitrogen and oxygen atoms in total. The molecule has 0 N–H and O–H groups in total. The molecule has 0 aliphatic heterocycles. The van der Waals surface area contributed by atoms with Crippen LogP contribution in [0.15, 0.2) is 24.3 Å². The lowest BCUT2D eigenvalue weighted by molar-refractivity contribution is 0.112. The molecule has 6 heteroatoms. The summed E-state index contributed by atoms with van der Waals surface area (Å²) in [7, 11) is 0.0995. The molecule has 1 aromatic rings. The highest BCUT2D eigenvalue weighted by atomic mass is 28.4. The number of hydrogen-bond acceptors (Lipinski definition) is 3. The maximum atomic E-state index is 10.5. The number of benzene rings is 1. The van der Waals surface area contributed by atoms with Gasteiger partial charge in [-0.2, -0.15) is 0 Å². The summed E-state index contributed by atoms with van der Waals surface area (Å²) in [6, 6.07) is 7.30. The first kappa shape index (κ1) is 18.3. The summed E-state index contributed by atoms with van der Waals surface area (Å²) in [6.45, 7) is 11.0. The molecule has 1 aromatic carbocycles. The molecule has 0 saturated carbocycles. The van der Waals surface area contributed by atoms with Gasteiger partial charge >= 0.3 is 0 Å². The van der Waals surface area contributed by atoms with Gasteiger partial charge in [0.05, 0.1) is 0 Å². The maximum Gasteiger partial charge on any atom is 0.250 e. The van der Waals surface area contributed by atoms with Crippen molar-refractivity contribution < 1.29 is 13.3 Å². The molecule has 19 heavy (non-hydrogen) atoms. The van der Waals surface area contributed by atoms with E-state index in [-0.39, 0.29) is 5.04 Å². The molecule has 0 aliphatic rings. The monoisotopic (exact) mass is 314 g/mol. The van der Waals surface area contributed by atoms with Crippen LogP contribution in [0.1, 0.15) is 31.1 Å². The van der Waals surface area contributed by atoms with E-state index in [0.29, 0.717) is 5.56 Å². The first-order chi connectivity index (χ1) is 8.67. The lowest BCUT2D eigenvalue weighted by Crippen LogP contribution is -2.43. The molecular weight excluding hydrogens is 288 g/mol. The number of rotatable bonds is 3. The number of aldehydes is 1. The van der Waals surface area contributed by atoms with Crippen molar-refractivity contribution in [3.63, 3.8) is 0 Å². The molecule has 0 fully saturated rings. The molecule has 0 aromatic heterocycles. The van der Waals surface area contributed by atoms with E-state index in [4.69, 9.17) is 4.43 Å². The SMILES string of the molecule is CC(C)(C)[Si](C)(C)Oc1ccc(C=O)cc1.[SiH3]O[SiH3]. The van der Waals surface area contributed by atoms with Gasteiger partial charge in [0.2, 0.25) is 8.32 Å². The van der Waals surface area contributed by atoms with Crippen molar-refractivity contribution >= 4 is 35.6 Å². The van der Waals surface area contributed by atoms with Crippen LogP contribution in [0.5, 0.6) is 5.75 Å². The molecule has 0 spiro atoms. The van der Waals surface area contributed by atoms with Gasteiger partial charge < -0.3 is 8.54 Å². The Balaban J connectivity index is 0.000000982. The fourth-order valence-corrected chi connectivity index (χ4v) is 2.09. The van der Waals surface area contributed by atoms with Gasteiger partial charge in [0.1, 0.15) is 33.0 Å². The second kappa shape index (κ2) is 7.78. The molecular formula is C13H26O3Si3. The Kier molecular flexibility index (Phi) is 7.50. The number of hydrogen-bond donors (Lipinski definition) is 0. The van der Waals surface area contributed by atoms with Gasteiger partial charge in [0.15, 0.2) is 0 Å². The molecule has 0 heterocycles. The Morgan fingerprint density at radius 1 is 1.11 bits per heavy atom. The van der Waals surface area contributed by atoms with E-state index in [1.807, 2.05) is 12.1 Å². The van der Waals surface area contributed by atoms with Crippen LogP contribution in [-0.2, 0) is 4.12 Å². The predicted octanol–water partition coefficient (Wildman–Crippen LogP) is 1.45. The summed E-state index contributed by atoms with van der Waals surface area (Å²) < 4.78 is 10.6. The standard InChI is InChI=1S/C13H20O2Si.H6OSi2/c1-13(2,3)16(4,5)15-12-8-6-11(10-14)7-9-12;2-1-3/h6-10H,1-5H3;2-3H3.